The SMILES string of the molecule is Cc1cccc(OCC(=O)Nc2ccc(C)c(F)c2)c1. The number of carbonyl (C=O) groups is 1. The van der Waals surface area contributed by atoms with Crippen molar-refractivity contribution in [3.8, 4) is 5.75 Å². The van der Waals surface area contributed by atoms with Crippen LogP contribution in [0.15, 0.2) is 42.5 Å². The molecule has 0 atom stereocenters. The molecule has 0 fully saturated rings. The van der Waals surface area contributed by atoms with E-state index in [9.17, 15) is 9.18 Å². The van der Waals surface area contributed by atoms with Crippen molar-refractivity contribution < 1.29 is 13.9 Å². The van der Waals surface area contributed by atoms with E-state index < -0.39 is 0 Å². The molecule has 4 heteroatoms. The fraction of sp³-hybridized carbons (Fsp3) is 0.188. The zero-order valence-electron chi connectivity index (χ0n) is 11.4. The first-order valence-corrected chi connectivity index (χ1v) is 6.30. The van der Waals surface area contributed by atoms with Crippen molar-refractivity contribution in [2.24, 2.45) is 0 Å². The van der Waals surface area contributed by atoms with Gasteiger partial charge in [-0.05, 0) is 49.2 Å². The van der Waals surface area contributed by atoms with Gasteiger partial charge in [0.15, 0.2) is 6.61 Å². The second-order valence-corrected chi connectivity index (χ2v) is 4.62. The highest BCUT2D eigenvalue weighted by Gasteiger charge is 2.05. The molecular weight excluding hydrogens is 257 g/mol. The minimum Gasteiger partial charge on any atom is -0.484 e. The van der Waals surface area contributed by atoms with Gasteiger partial charge in [-0.25, -0.2) is 4.39 Å². The molecule has 0 radical (unpaired) electrons. The number of carbonyl (C=O) groups excluding carboxylic acids is 1. The molecular formula is C16H16FNO2. The summed E-state index contributed by atoms with van der Waals surface area (Å²) in [4.78, 5) is 11.7. The smallest absolute Gasteiger partial charge is 0.262 e. The number of hydrogen-bond acceptors (Lipinski definition) is 2. The van der Waals surface area contributed by atoms with Crippen molar-refractivity contribution in [1.29, 1.82) is 0 Å². The monoisotopic (exact) mass is 273 g/mol. The van der Waals surface area contributed by atoms with Crippen LogP contribution in [0, 0.1) is 19.7 Å². The Balaban J connectivity index is 1.91. The molecule has 0 aromatic heterocycles. The topological polar surface area (TPSA) is 38.3 Å². The number of benzene rings is 2. The number of anilines is 1. The Kier molecular flexibility index (Phi) is 4.35. The summed E-state index contributed by atoms with van der Waals surface area (Å²) in [7, 11) is 0. The van der Waals surface area contributed by atoms with Gasteiger partial charge in [-0.2, -0.15) is 0 Å². The van der Waals surface area contributed by atoms with Crippen LogP contribution in [-0.4, -0.2) is 12.5 Å². The van der Waals surface area contributed by atoms with Gasteiger partial charge in [-0.15, -0.1) is 0 Å². The van der Waals surface area contributed by atoms with Crippen molar-refractivity contribution in [3.63, 3.8) is 0 Å². The first-order valence-electron chi connectivity index (χ1n) is 6.30. The molecule has 2 aromatic rings. The first kappa shape index (κ1) is 14.1. The van der Waals surface area contributed by atoms with Crippen LogP contribution < -0.4 is 10.1 Å². The summed E-state index contributed by atoms with van der Waals surface area (Å²) in [6.07, 6.45) is 0. The van der Waals surface area contributed by atoms with E-state index in [1.807, 2.05) is 25.1 Å². The molecule has 0 unspecified atom stereocenters. The summed E-state index contributed by atoms with van der Waals surface area (Å²) in [5, 5.41) is 2.59. The third-order valence-corrected chi connectivity index (χ3v) is 2.82. The second-order valence-electron chi connectivity index (χ2n) is 4.62. The molecule has 0 heterocycles. The van der Waals surface area contributed by atoms with Gasteiger partial charge in [0, 0.05) is 5.69 Å². The van der Waals surface area contributed by atoms with Gasteiger partial charge in [0.05, 0.1) is 0 Å². The maximum Gasteiger partial charge on any atom is 0.262 e. The van der Waals surface area contributed by atoms with Crippen molar-refractivity contribution in [2.45, 2.75) is 13.8 Å². The van der Waals surface area contributed by atoms with Gasteiger partial charge in [0.2, 0.25) is 0 Å². The number of nitrogens with one attached hydrogen (secondary N) is 1. The third-order valence-electron chi connectivity index (χ3n) is 2.82. The van der Waals surface area contributed by atoms with Crippen molar-refractivity contribution >= 4 is 11.6 Å². The normalized spacial score (nSPS) is 10.2. The molecule has 0 aliphatic heterocycles. The molecule has 0 saturated carbocycles. The van der Waals surface area contributed by atoms with E-state index in [1.54, 1.807) is 25.1 Å². The Morgan fingerprint density at radius 1 is 1.20 bits per heavy atom. The lowest BCUT2D eigenvalue weighted by molar-refractivity contribution is -0.118. The summed E-state index contributed by atoms with van der Waals surface area (Å²) in [5.41, 5.74) is 2.02. The molecule has 3 nitrogen and oxygen atoms in total. The highest BCUT2D eigenvalue weighted by Crippen LogP contribution is 2.14. The molecule has 20 heavy (non-hydrogen) atoms. The van der Waals surface area contributed by atoms with Crippen LogP contribution in [0.5, 0.6) is 5.75 Å². The molecule has 0 saturated heterocycles. The van der Waals surface area contributed by atoms with Crippen molar-refractivity contribution in [2.75, 3.05) is 11.9 Å². The summed E-state index contributed by atoms with van der Waals surface area (Å²) in [6, 6.07) is 12.0. The highest BCUT2D eigenvalue weighted by atomic mass is 19.1. The molecule has 0 aliphatic rings. The number of halogens is 1. The number of ether oxygens (including phenoxy) is 1. The zero-order valence-corrected chi connectivity index (χ0v) is 11.4. The Labute approximate surface area is 117 Å². The number of rotatable bonds is 4. The van der Waals surface area contributed by atoms with Gasteiger partial charge in [-0.3, -0.25) is 4.79 Å². The van der Waals surface area contributed by atoms with Gasteiger partial charge >= 0.3 is 0 Å². The lowest BCUT2D eigenvalue weighted by atomic mass is 10.2. The van der Waals surface area contributed by atoms with Crippen LogP contribution in [0.1, 0.15) is 11.1 Å². The predicted molar refractivity (Wildman–Crippen MR) is 76.4 cm³/mol. The number of aryl methyl sites for hydroxylation is 2. The van der Waals surface area contributed by atoms with E-state index in [4.69, 9.17) is 4.74 Å². The Morgan fingerprint density at radius 3 is 2.70 bits per heavy atom. The number of hydrogen-bond donors (Lipinski definition) is 1. The summed E-state index contributed by atoms with van der Waals surface area (Å²) in [5.74, 6) is -0.0348. The number of amides is 1. The average molecular weight is 273 g/mol. The lowest BCUT2D eigenvalue weighted by Gasteiger charge is -2.08. The second kappa shape index (κ2) is 6.19. The maximum atomic E-state index is 13.3. The van der Waals surface area contributed by atoms with Crippen LogP contribution in [0.25, 0.3) is 0 Å². The fourth-order valence-corrected chi connectivity index (χ4v) is 1.72. The quantitative estimate of drug-likeness (QED) is 0.926. The third kappa shape index (κ3) is 3.82. The van der Waals surface area contributed by atoms with E-state index in [2.05, 4.69) is 5.32 Å². The molecule has 2 rings (SSSR count). The van der Waals surface area contributed by atoms with Gasteiger partial charge in [0.25, 0.3) is 5.91 Å². The maximum absolute atomic E-state index is 13.3. The highest BCUT2D eigenvalue weighted by molar-refractivity contribution is 5.91. The van der Waals surface area contributed by atoms with Crippen LogP contribution in [-0.2, 0) is 4.79 Å². The lowest BCUT2D eigenvalue weighted by Crippen LogP contribution is -2.20. The van der Waals surface area contributed by atoms with Gasteiger partial charge < -0.3 is 10.1 Å². The molecule has 0 spiro atoms. The van der Waals surface area contributed by atoms with E-state index in [0.717, 1.165) is 5.56 Å². The van der Waals surface area contributed by atoms with Gasteiger partial charge in [0.1, 0.15) is 11.6 Å². The van der Waals surface area contributed by atoms with Crippen molar-refractivity contribution in [1.82, 2.24) is 0 Å². The molecule has 2 aromatic carbocycles. The van der Waals surface area contributed by atoms with Crippen LogP contribution in [0.2, 0.25) is 0 Å². The van der Waals surface area contributed by atoms with Crippen LogP contribution in [0.3, 0.4) is 0 Å². The molecule has 1 amide bonds. The van der Waals surface area contributed by atoms with Gasteiger partial charge in [-0.1, -0.05) is 18.2 Å². The molecule has 104 valence electrons. The largest absolute Gasteiger partial charge is 0.484 e. The Bertz CT molecular complexity index is 626. The summed E-state index contributed by atoms with van der Waals surface area (Å²) >= 11 is 0. The van der Waals surface area contributed by atoms with E-state index in [1.165, 1.54) is 6.07 Å². The standard InChI is InChI=1S/C16H16FNO2/c1-11-4-3-5-14(8-11)20-10-16(19)18-13-7-6-12(2)15(17)9-13/h3-9H,10H2,1-2H3,(H,18,19). The zero-order chi connectivity index (χ0) is 14.5. The Morgan fingerprint density at radius 2 is 2.00 bits per heavy atom. The van der Waals surface area contributed by atoms with Crippen molar-refractivity contribution in [3.05, 3.63) is 59.4 Å². The predicted octanol–water partition coefficient (Wildman–Crippen LogP) is 3.46. The van der Waals surface area contributed by atoms with Crippen LogP contribution in [0.4, 0.5) is 10.1 Å². The first-order chi connectivity index (χ1) is 9.54. The molecule has 0 aliphatic carbocycles. The van der Waals surface area contributed by atoms with E-state index in [0.29, 0.717) is 17.0 Å². The fourth-order valence-electron chi connectivity index (χ4n) is 1.72. The van der Waals surface area contributed by atoms with Crippen LogP contribution >= 0.6 is 0 Å². The minimum absolute atomic E-state index is 0.112. The molecule has 1 N–H and O–H groups in total. The Hall–Kier alpha value is -2.36. The van der Waals surface area contributed by atoms with E-state index >= 15 is 0 Å². The molecule has 0 bridgehead atoms. The summed E-state index contributed by atoms with van der Waals surface area (Å²) in [6.45, 7) is 3.50. The summed E-state index contributed by atoms with van der Waals surface area (Å²) < 4.78 is 18.7. The van der Waals surface area contributed by atoms with E-state index in [-0.39, 0.29) is 18.3 Å². The average Bonchev–Trinajstić information content (AvgIpc) is 2.41. The minimum atomic E-state index is -0.345.